The number of aliphatic hydroxyl groups is 10. The second-order valence-electron chi connectivity index (χ2n) is 8.29. The third kappa shape index (κ3) is 22.1. The Bertz CT molecular complexity index is 674. The van der Waals surface area contributed by atoms with Crippen LogP contribution in [-0.4, -0.2) is 162 Å². The predicted molar refractivity (Wildman–Crippen MR) is 108 cm³/mol. The van der Waals surface area contributed by atoms with Crippen molar-refractivity contribution in [3.63, 3.8) is 0 Å². The third-order valence-corrected chi connectivity index (χ3v) is 6.82. The van der Waals surface area contributed by atoms with Crippen LogP contribution in [0, 0.1) is 441 Å². The fourth-order valence-electron chi connectivity index (χ4n) is 4.03. The summed E-state index contributed by atoms with van der Waals surface area (Å²) in [6.07, 6.45) is -22.1. The van der Waals surface area contributed by atoms with Crippen molar-refractivity contribution in [3.05, 3.63) is 0 Å². The Labute approximate surface area is 622 Å². The van der Waals surface area contributed by atoms with Crippen LogP contribution in [0.5, 0.6) is 0 Å². The molecule has 3 saturated heterocycles. The Morgan fingerprint density at radius 3 is 1.11 bits per heavy atom. The molecule has 0 bridgehead atoms. The van der Waals surface area contributed by atoms with E-state index in [9.17, 15) is 51.1 Å². The third-order valence-electron chi connectivity index (χ3n) is 6.06. The summed E-state index contributed by atoms with van der Waals surface area (Å²) in [6, 6.07) is 0. The van der Waals surface area contributed by atoms with E-state index in [0.29, 0.717) is 0 Å². The summed E-state index contributed by atoms with van der Waals surface area (Å²) in [6.45, 7) is -2.14. The van der Waals surface area contributed by atoms with E-state index in [1.165, 1.54) is 0 Å². The minimum absolute atomic E-state index is 0. The molecule has 230 valence electrons. The van der Waals surface area contributed by atoms with Gasteiger partial charge in [0.05, 0.1) is 19.8 Å². The SMILES string of the molecule is OCC1O[C@H](O[C@@H]2C(CO)O[C@H](O[C@@H]3C(CO)O[C@H](Br)C(O)[C@H]3O)C(O)[C@H]2O)C(O)[C@@H](O)[C@@H]1O.[Ac].[Ac].[Ac].[Ac].[Ac].[Ac].[Ac].[Ac].[Ac].[Ac]. The van der Waals surface area contributed by atoms with Crippen molar-refractivity contribution in [3.8, 4) is 0 Å². The van der Waals surface area contributed by atoms with Crippen LogP contribution < -0.4 is 0 Å². The number of rotatable bonds is 7. The van der Waals surface area contributed by atoms with Crippen LogP contribution in [0.4, 0.5) is 0 Å². The van der Waals surface area contributed by atoms with Crippen LogP contribution in [0.1, 0.15) is 0 Å². The van der Waals surface area contributed by atoms with Gasteiger partial charge in [-0.1, -0.05) is 15.9 Å². The summed E-state index contributed by atoms with van der Waals surface area (Å²) in [5, 5.41) is 99.1. The fourth-order valence-corrected chi connectivity index (χ4v) is 4.62. The van der Waals surface area contributed by atoms with Crippen molar-refractivity contribution >= 4 is 15.9 Å². The van der Waals surface area contributed by atoms with E-state index in [2.05, 4.69) is 15.9 Å². The maximum atomic E-state index is 10.6. The van der Waals surface area contributed by atoms with Crippen LogP contribution in [0.3, 0.4) is 0 Å². The summed E-state index contributed by atoms with van der Waals surface area (Å²) in [7, 11) is 0. The van der Waals surface area contributed by atoms with Gasteiger partial charge in [-0.15, -0.1) is 0 Å². The fraction of sp³-hybridized carbons (Fsp3) is 1.00. The molecule has 0 spiro atoms. The molecule has 0 amide bonds. The van der Waals surface area contributed by atoms with Gasteiger partial charge >= 0.3 is 0 Å². The zero-order chi connectivity index (χ0) is 25.3. The molecule has 3 heterocycles. The van der Waals surface area contributed by atoms with Crippen LogP contribution >= 0.6 is 15.9 Å². The van der Waals surface area contributed by atoms with E-state index in [0.717, 1.165) is 0 Å². The van der Waals surface area contributed by atoms with Gasteiger partial charge in [0.15, 0.2) is 12.6 Å². The molecular formula is C18H31Ac10BrO15. The maximum absolute atomic E-state index is 10.6. The maximum Gasteiger partial charge on any atom is 0.187 e. The molecule has 6 unspecified atom stereocenters. The first-order chi connectivity index (χ1) is 16.0. The van der Waals surface area contributed by atoms with Gasteiger partial charge in [0.1, 0.15) is 78.3 Å². The van der Waals surface area contributed by atoms with Gasteiger partial charge in [0.2, 0.25) is 0 Å². The van der Waals surface area contributed by atoms with Crippen molar-refractivity contribution in [2.45, 2.75) is 90.8 Å². The normalized spacial score (nSPS) is 40.6. The molecule has 44 heavy (non-hydrogen) atoms. The standard InChI is InChI=1S/C18H31BrO15.10Ac/c19-16-11(27)9(25)14(5(2-21)30-16)33-18-13(29)10(26)15(6(3-22)32-18)34-17-12(28)8(24)7(23)4(1-20)31-17;;;;;;;;;;/h4-18,20-29H,1-3H2;;;;;;;;;;/t4?,5?,6?,7-,8+,9-,10-,11?,12?,13?,14-,15-,16+,17-,18-;;;;;;;;;;/m1........../s1. The van der Waals surface area contributed by atoms with Crippen molar-refractivity contribution in [2.75, 3.05) is 19.8 Å². The smallest absolute Gasteiger partial charge is 0.187 e. The van der Waals surface area contributed by atoms with E-state index in [-0.39, 0.29) is 441 Å². The topological polar surface area (TPSA) is 248 Å². The summed E-state index contributed by atoms with van der Waals surface area (Å²) >= 11 is 3.00. The molecule has 0 aliphatic carbocycles. The molecule has 15 nitrogen and oxygen atoms in total. The van der Waals surface area contributed by atoms with Gasteiger partial charge in [-0.3, -0.25) is 0 Å². The Morgan fingerprint density at radius 2 is 0.727 bits per heavy atom. The molecule has 0 saturated carbocycles. The molecule has 3 aliphatic rings. The average molecular weight is 2840 g/mol. The van der Waals surface area contributed by atoms with Crippen molar-refractivity contribution in [2.24, 2.45) is 0 Å². The van der Waals surface area contributed by atoms with Crippen LogP contribution in [0.2, 0.25) is 0 Å². The molecular weight excluding hydrogens is 2810 g/mol. The largest absolute Gasteiger partial charge is 0.394 e. The molecule has 26 heteroatoms. The predicted octanol–water partition coefficient (Wildman–Crippen LogP) is -6.17. The second-order valence-corrected chi connectivity index (χ2v) is 9.20. The molecule has 3 fully saturated rings. The van der Waals surface area contributed by atoms with E-state index < -0.39 is 111 Å². The van der Waals surface area contributed by atoms with Crippen LogP contribution in [-0.2, 0) is 23.7 Å². The van der Waals surface area contributed by atoms with Gasteiger partial charge in [-0.25, -0.2) is 0 Å². The average Bonchev–Trinajstić information content (AvgIpc) is 2.83. The Hall–Kier alpha value is 14.3. The monoisotopic (exact) mass is 2840 g/mol. The molecule has 0 aromatic carbocycles. The van der Waals surface area contributed by atoms with Gasteiger partial charge < -0.3 is 74.7 Å². The quantitative estimate of drug-likeness (QED) is 0.107. The summed E-state index contributed by atoms with van der Waals surface area (Å²) in [5.41, 5.74) is 0. The number of aliphatic hydroxyl groups excluding tert-OH is 10. The van der Waals surface area contributed by atoms with E-state index in [1.54, 1.807) is 0 Å². The Balaban J connectivity index is -0.000000216. The summed E-state index contributed by atoms with van der Waals surface area (Å²) in [4.78, 5) is 0. The first kappa shape index (κ1) is 75.7. The van der Waals surface area contributed by atoms with Crippen molar-refractivity contribution in [1.82, 2.24) is 0 Å². The van der Waals surface area contributed by atoms with E-state index >= 15 is 0 Å². The number of ether oxygens (including phenoxy) is 5. The van der Waals surface area contributed by atoms with E-state index in [4.69, 9.17) is 23.7 Å². The zero-order valence-corrected chi connectivity index (χ0v) is 72.5. The molecule has 0 aromatic rings. The number of hydrogen-bond donors (Lipinski definition) is 10. The molecule has 0 aromatic heterocycles. The van der Waals surface area contributed by atoms with Crippen LogP contribution in [0.15, 0.2) is 0 Å². The number of alkyl halides is 1. The summed E-state index contributed by atoms with van der Waals surface area (Å²) < 4.78 is 27.0. The van der Waals surface area contributed by atoms with Gasteiger partial charge in [0, 0.05) is 441 Å². The molecule has 15 atom stereocenters. The minimum Gasteiger partial charge on any atom is -0.394 e. The van der Waals surface area contributed by atoms with Crippen LogP contribution in [0.25, 0.3) is 0 Å². The first-order valence-corrected chi connectivity index (χ1v) is 11.5. The van der Waals surface area contributed by atoms with Crippen molar-refractivity contribution < 1.29 is 515 Å². The molecule has 10 N–H and O–H groups in total. The number of hydrogen-bond acceptors (Lipinski definition) is 15. The molecule has 10 radical (unpaired) electrons. The van der Waals surface area contributed by atoms with Gasteiger partial charge in [0.25, 0.3) is 0 Å². The van der Waals surface area contributed by atoms with Crippen molar-refractivity contribution in [1.29, 1.82) is 0 Å². The Kier molecular flexibility index (Phi) is 68.9. The summed E-state index contributed by atoms with van der Waals surface area (Å²) in [5.74, 6) is 0. The zero-order valence-electron chi connectivity index (χ0n) is 23.4. The molecule has 3 aliphatic heterocycles. The minimum atomic E-state index is -1.86. The number of halogens is 1. The Morgan fingerprint density at radius 1 is 0.409 bits per heavy atom. The van der Waals surface area contributed by atoms with Gasteiger partial charge in [-0.2, -0.15) is 0 Å². The second kappa shape index (κ2) is 40.1. The molecule has 3 rings (SSSR count). The van der Waals surface area contributed by atoms with Gasteiger partial charge in [-0.05, 0) is 0 Å². The van der Waals surface area contributed by atoms with E-state index in [1.807, 2.05) is 0 Å². The first-order valence-electron chi connectivity index (χ1n) is 10.6.